The van der Waals surface area contributed by atoms with Gasteiger partial charge in [-0.1, -0.05) is 24.3 Å². The summed E-state index contributed by atoms with van der Waals surface area (Å²) in [5.74, 6) is 6.54. The number of amides is 1. The highest BCUT2D eigenvalue weighted by atomic mass is 16.1. The lowest BCUT2D eigenvalue weighted by molar-refractivity contribution is 0.0905. The number of fused-ring (bicyclic) bond motifs is 1. The van der Waals surface area contributed by atoms with Crippen molar-refractivity contribution in [3.8, 4) is 0 Å². The summed E-state index contributed by atoms with van der Waals surface area (Å²) in [4.78, 5) is 16.8. The van der Waals surface area contributed by atoms with Crippen LogP contribution in [-0.4, -0.2) is 16.4 Å². The molecule has 1 saturated carbocycles. The van der Waals surface area contributed by atoms with Crippen molar-refractivity contribution in [3.05, 3.63) is 36.0 Å². The molecule has 1 aliphatic carbocycles. The van der Waals surface area contributed by atoms with E-state index in [9.17, 15) is 4.79 Å². The van der Waals surface area contributed by atoms with Crippen molar-refractivity contribution in [1.82, 2.24) is 10.3 Å². The molecule has 2 aromatic rings. The predicted molar refractivity (Wildman–Crippen MR) is 83.8 cm³/mol. The zero-order valence-electron chi connectivity index (χ0n) is 12.3. The SMILES string of the molecule is CC(C)(NC(=O)c1cnc(NN)c2ccccc12)C1CC1. The van der Waals surface area contributed by atoms with Gasteiger partial charge < -0.3 is 10.7 Å². The van der Waals surface area contributed by atoms with Gasteiger partial charge in [0.15, 0.2) is 0 Å². The fourth-order valence-electron chi connectivity index (χ4n) is 2.76. The molecule has 1 amide bonds. The van der Waals surface area contributed by atoms with Gasteiger partial charge in [0.05, 0.1) is 5.56 Å². The number of nitrogen functional groups attached to an aromatic ring is 1. The number of hydrazine groups is 1. The van der Waals surface area contributed by atoms with Gasteiger partial charge in [0, 0.05) is 17.1 Å². The zero-order valence-corrected chi connectivity index (χ0v) is 12.3. The third-order valence-electron chi connectivity index (χ3n) is 4.21. The van der Waals surface area contributed by atoms with Crippen LogP contribution in [0.25, 0.3) is 10.8 Å². The first-order valence-corrected chi connectivity index (χ1v) is 7.20. The lowest BCUT2D eigenvalue weighted by Crippen LogP contribution is -2.45. The van der Waals surface area contributed by atoms with Crippen molar-refractivity contribution in [2.24, 2.45) is 11.8 Å². The van der Waals surface area contributed by atoms with Crippen LogP contribution in [0.1, 0.15) is 37.0 Å². The molecule has 1 aromatic carbocycles. The quantitative estimate of drug-likeness (QED) is 0.595. The Labute approximate surface area is 123 Å². The summed E-state index contributed by atoms with van der Waals surface area (Å²) >= 11 is 0. The molecular formula is C16H20N4O. The molecule has 1 aromatic heterocycles. The third kappa shape index (κ3) is 2.56. The van der Waals surface area contributed by atoms with Crippen LogP contribution in [0.4, 0.5) is 5.82 Å². The smallest absolute Gasteiger partial charge is 0.253 e. The molecule has 1 aliphatic rings. The van der Waals surface area contributed by atoms with Crippen molar-refractivity contribution < 1.29 is 4.79 Å². The van der Waals surface area contributed by atoms with E-state index >= 15 is 0 Å². The number of carbonyl (C=O) groups is 1. The van der Waals surface area contributed by atoms with Crippen molar-refractivity contribution in [1.29, 1.82) is 0 Å². The van der Waals surface area contributed by atoms with E-state index in [2.05, 4.69) is 29.6 Å². The van der Waals surface area contributed by atoms with Gasteiger partial charge in [-0.3, -0.25) is 4.79 Å². The van der Waals surface area contributed by atoms with Crippen LogP contribution >= 0.6 is 0 Å². The number of nitrogens with two attached hydrogens (primary N) is 1. The minimum absolute atomic E-state index is 0.0841. The number of aromatic nitrogens is 1. The lowest BCUT2D eigenvalue weighted by atomic mass is 9.97. The number of nitrogens with one attached hydrogen (secondary N) is 2. The van der Waals surface area contributed by atoms with E-state index in [1.807, 2.05) is 24.3 Å². The summed E-state index contributed by atoms with van der Waals surface area (Å²) < 4.78 is 0. The number of hydrogen-bond acceptors (Lipinski definition) is 4. The molecule has 21 heavy (non-hydrogen) atoms. The minimum Gasteiger partial charge on any atom is -0.347 e. The maximum atomic E-state index is 12.6. The van der Waals surface area contributed by atoms with Gasteiger partial charge in [-0.2, -0.15) is 0 Å². The Morgan fingerprint density at radius 3 is 2.57 bits per heavy atom. The molecule has 0 radical (unpaired) electrons. The van der Waals surface area contributed by atoms with Crippen LogP contribution in [0.5, 0.6) is 0 Å². The van der Waals surface area contributed by atoms with Gasteiger partial charge in [0.1, 0.15) is 5.82 Å². The summed E-state index contributed by atoms with van der Waals surface area (Å²) in [7, 11) is 0. The molecule has 0 saturated heterocycles. The van der Waals surface area contributed by atoms with E-state index in [4.69, 9.17) is 5.84 Å². The summed E-state index contributed by atoms with van der Waals surface area (Å²) in [5, 5.41) is 4.83. The van der Waals surface area contributed by atoms with Gasteiger partial charge in [-0.05, 0) is 38.0 Å². The van der Waals surface area contributed by atoms with E-state index in [-0.39, 0.29) is 11.4 Å². The first-order valence-electron chi connectivity index (χ1n) is 7.20. The van der Waals surface area contributed by atoms with E-state index in [1.165, 1.54) is 12.8 Å². The number of hydrogen-bond donors (Lipinski definition) is 3. The summed E-state index contributed by atoms with van der Waals surface area (Å²) in [6, 6.07) is 7.63. The first kappa shape index (κ1) is 13.8. The Kier molecular flexibility index (Phi) is 3.29. The van der Waals surface area contributed by atoms with Crippen LogP contribution in [-0.2, 0) is 0 Å². The molecule has 4 N–H and O–H groups in total. The maximum absolute atomic E-state index is 12.6. The third-order valence-corrected chi connectivity index (χ3v) is 4.21. The maximum Gasteiger partial charge on any atom is 0.253 e. The normalized spacial score (nSPS) is 15.0. The Morgan fingerprint density at radius 1 is 1.29 bits per heavy atom. The number of nitrogens with zero attached hydrogens (tertiary/aromatic N) is 1. The standard InChI is InChI=1S/C16H20N4O/c1-16(2,10-7-8-10)19-15(21)13-9-18-14(20-17)12-6-4-3-5-11(12)13/h3-6,9-10H,7-8,17H2,1-2H3,(H,18,20)(H,19,21). The monoisotopic (exact) mass is 284 g/mol. The molecule has 5 heteroatoms. The van der Waals surface area contributed by atoms with E-state index in [0.29, 0.717) is 17.3 Å². The van der Waals surface area contributed by atoms with E-state index in [0.717, 1.165) is 10.8 Å². The topological polar surface area (TPSA) is 80.0 Å². The van der Waals surface area contributed by atoms with Crippen LogP contribution < -0.4 is 16.6 Å². The minimum atomic E-state index is -0.178. The molecule has 5 nitrogen and oxygen atoms in total. The van der Waals surface area contributed by atoms with Crippen molar-refractivity contribution in [3.63, 3.8) is 0 Å². The second-order valence-corrected chi connectivity index (χ2v) is 6.16. The average Bonchev–Trinajstić information content (AvgIpc) is 3.30. The van der Waals surface area contributed by atoms with Crippen molar-refractivity contribution >= 4 is 22.5 Å². The highest BCUT2D eigenvalue weighted by molar-refractivity contribution is 6.09. The lowest BCUT2D eigenvalue weighted by Gasteiger charge is -2.26. The van der Waals surface area contributed by atoms with Gasteiger partial charge in [0.2, 0.25) is 0 Å². The second-order valence-electron chi connectivity index (χ2n) is 6.16. The molecule has 0 bridgehead atoms. The summed E-state index contributed by atoms with van der Waals surface area (Å²) in [5.41, 5.74) is 2.97. The molecule has 110 valence electrons. The van der Waals surface area contributed by atoms with Crippen molar-refractivity contribution in [2.45, 2.75) is 32.2 Å². The van der Waals surface area contributed by atoms with Gasteiger partial charge >= 0.3 is 0 Å². The van der Waals surface area contributed by atoms with Gasteiger partial charge in [-0.25, -0.2) is 10.8 Å². The summed E-state index contributed by atoms with van der Waals surface area (Å²) in [6.07, 6.45) is 3.94. The Balaban J connectivity index is 1.98. The highest BCUT2D eigenvalue weighted by Gasteiger charge is 2.39. The highest BCUT2D eigenvalue weighted by Crippen LogP contribution is 2.39. The molecule has 0 aliphatic heterocycles. The Morgan fingerprint density at radius 2 is 1.95 bits per heavy atom. The number of rotatable bonds is 4. The van der Waals surface area contributed by atoms with Crippen LogP contribution in [0.15, 0.2) is 30.5 Å². The van der Waals surface area contributed by atoms with E-state index in [1.54, 1.807) is 6.20 Å². The fourth-order valence-corrected chi connectivity index (χ4v) is 2.76. The molecule has 3 rings (SSSR count). The van der Waals surface area contributed by atoms with Gasteiger partial charge in [0.25, 0.3) is 5.91 Å². The largest absolute Gasteiger partial charge is 0.347 e. The van der Waals surface area contributed by atoms with E-state index < -0.39 is 0 Å². The Hall–Kier alpha value is -2.14. The average molecular weight is 284 g/mol. The predicted octanol–water partition coefficient (Wildman–Crippen LogP) is 2.44. The van der Waals surface area contributed by atoms with Crippen molar-refractivity contribution in [2.75, 3.05) is 5.43 Å². The molecular weight excluding hydrogens is 264 g/mol. The number of anilines is 1. The first-order chi connectivity index (χ1) is 10.0. The molecule has 0 atom stereocenters. The van der Waals surface area contributed by atoms with Crippen LogP contribution in [0.2, 0.25) is 0 Å². The molecule has 0 spiro atoms. The number of pyridine rings is 1. The van der Waals surface area contributed by atoms with Crippen LogP contribution in [0.3, 0.4) is 0 Å². The second kappa shape index (κ2) is 5.00. The zero-order chi connectivity index (χ0) is 15.0. The number of carbonyl (C=O) groups excluding carboxylic acids is 1. The molecule has 1 fully saturated rings. The Bertz CT molecular complexity index is 692. The molecule has 1 heterocycles. The van der Waals surface area contributed by atoms with Gasteiger partial charge in [-0.15, -0.1) is 0 Å². The van der Waals surface area contributed by atoms with Crippen LogP contribution in [0, 0.1) is 5.92 Å². The fraction of sp³-hybridized carbons (Fsp3) is 0.375. The number of benzene rings is 1. The molecule has 0 unspecified atom stereocenters. The summed E-state index contributed by atoms with van der Waals surface area (Å²) in [6.45, 7) is 4.15.